The zero-order valence-corrected chi connectivity index (χ0v) is 15.1. The predicted octanol–water partition coefficient (Wildman–Crippen LogP) is 3.62. The van der Waals surface area contributed by atoms with Crippen LogP contribution in [0.2, 0.25) is 0 Å². The number of carbonyl (C=O) groups excluding carboxylic acids is 1. The second kappa shape index (κ2) is 9.11. The molecule has 0 heterocycles. The first-order valence-electron chi connectivity index (χ1n) is 8.22. The Hall–Kier alpha value is -3.50. The average Bonchev–Trinajstić information content (AvgIpc) is 2.65. The third kappa shape index (κ3) is 5.26. The van der Waals surface area contributed by atoms with E-state index in [-0.39, 0.29) is 12.2 Å². The lowest BCUT2D eigenvalue weighted by Gasteiger charge is -2.11. The van der Waals surface area contributed by atoms with Gasteiger partial charge in [-0.25, -0.2) is 4.79 Å². The first-order valence-corrected chi connectivity index (χ1v) is 8.22. The third-order valence-corrected chi connectivity index (χ3v) is 3.57. The molecule has 0 aliphatic rings. The topological polar surface area (TPSA) is 53.3 Å². The largest absolute Gasteiger partial charge is 0.462 e. The minimum Gasteiger partial charge on any atom is -0.462 e. The molecule has 0 unspecified atom stereocenters. The van der Waals surface area contributed by atoms with Crippen LogP contribution >= 0.6 is 0 Å². The third-order valence-electron chi connectivity index (χ3n) is 3.57. The summed E-state index contributed by atoms with van der Waals surface area (Å²) in [6.07, 6.45) is 1.51. The van der Waals surface area contributed by atoms with E-state index in [1.807, 2.05) is 73.6 Å². The number of carbonyl (C=O) groups is 1. The van der Waals surface area contributed by atoms with Crippen molar-refractivity contribution in [2.24, 2.45) is 0 Å². The number of ether oxygens (including phenoxy) is 1. The van der Waals surface area contributed by atoms with Crippen molar-refractivity contribution in [3.05, 3.63) is 70.8 Å². The zero-order valence-electron chi connectivity index (χ0n) is 15.1. The molecule has 0 saturated carbocycles. The van der Waals surface area contributed by atoms with Gasteiger partial charge in [0.2, 0.25) is 0 Å². The summed E-state index contributed by atoms with van der Waals surface area (Å²) in [4.78, 5) is 13.7. The Morgan fingerprint density at radius 1 is 1.04 bits per heavy atom. The van der Waals surface area contributed by atoms with Gasteiger partial charge in [-0.2, -0.15) is 5.26 Å². The number of nitriles is 1. The Balaban J connectivity index is 2.13. The van der Waals surface area contributed by atoms with Crippen molar-refractivity contribution in [3.8, 4) is 17.9 Å². The van der Waals surface area contributed by atoms with E-state index in [0.29, 0.717) is 0 Å². The molecular formula is C22H20N2O2. The van der Waals surface area contributed by atoms with E-state index in [0.717, 1.165) is 22.4 Å². The fraction of sp³-hybridized carbons (Fsp3) is 0.182. The molecular weight excluding hydrogens is 324 g/mol. The molecule has 0 atom stereocenters. The Bertz CT molecular complexity index is 890. The molecule has 4 heteroatoms. The van der Waals surface area contributed by atoms with Crippen molar-refractivity contribution in [2.45, 2.75) is 6.92 Å². The number of anilines is 1. The SMILES string of the molecule is CCOC(=O)C(C#N)=Cc1ccc(C#Cc2ccc(N(C)C)cc2)cc1. The molecule has 26 heavy (non-hydrogen) atoms. The molecule has 0 amide bonds. The van der Waals surface area contributed by atoms with Crippen LogP contribution in [-0.4, -0.2) is 26.7 Å². The summed E-state index contributed by atoms with van der Waals surface area (Å²) in [7, 11) is 3.99. The van der Waals surface area contributed by atoms with Gasteiger partial charge in [0.1, 0.15) is 11.6 Å². The van der Waals surface area contributed by atoms with Crippen LogP contribution in [0.25, 0.3) is 6.08 Å². The quantitative estimate of drug-likeness (QED) is 0.368. The fourth-order valence-electron chi connectivity index (χ4n) is 2.16. The van der Waals surface area contributed by atoms with E-state index >= 15 is 0 Å². The summed E-state index contributed by atoms with van der Waals surface area (Å²) < 4.78 is 4.85. The van der Waals surface area contributed by atoms with Crippen molar-refractivity contribution >= 4 is 17.7 Å². The molecule has 0 aliphatic carbocycles. The normalized spacial score (nSPS) is 10.3. The standard InChI is InChI=1S/C22H20N2O2/c1-4-26-22(25)20(16-23)15-19-9-7-17(8-10-19)5-6-18-11-13-21(14-12-18)24(2)3/h7-15H,4H2,1-3H3. The van der Waals surface area contributed by atoms with Crippen molar-refractivity contribution in [3.63, 3.8) is 0 Å². The van der Waals surface area contributed by atoms with Crippen molar-refractivity contribution in [1.82, 2.24) is 0 Å². The summed E-state index contributed by atoms with van der Waals surface area (Å²) in [6.45, 7) is 1.94. The summed E-state index contributed by atoms with van der Waals surface area (Å²) in [5, 5.41) is 9.06. The van der Waals surface area contributed by atoms with E-state index in [9.17, 15) is 4.79 Å². The first kappa shape index (κ1) is 18.8. The van der Waals surface area contributed by atoms with Crippen molar-refractivity contribution < 1.29 is 9.53 Å². The summed E-state index contributed by atoms with van der Waals surface area (Å²) in [5.74, 6) is 5.62. The van der Waals surface area contributed by atoms with Gasteiger partial charge >= 0.3 is 5.97 Å². The Morgan fingerprint density at radius 2 is 1.58 bits per heavy atom. The maximum atomic E-state index is 11.6. The van der Waals surface area contributed by atoms with Gasteiger partial charge in [-0.1, -0.05) is 24.0 Å². The van der Waals surface area contributed by atoms with Gasteiger partial charge in [-0.15, -0.1) is 0 Å². The number of hydrogen-bond acceptors (Lipinski definition) is 4. The molecule has 0 spiro atoms. The van der Waals surface area contributed by atoms with E-state index in [1.165, 1.54) is 6.08 Å². The van der Waals surface area contributed by atoms with Gasteiger partial charge in [0, 0.05) is 30.9 Å². The lowest BCUT2D eigenvalue weighted by molar-refractivity contribution is -0.137. The van der Waals surface area contributed by atoms with E-state index < -0.39 is 5.97 Å². The zero-order chi connectivity index (χ0) is 18.9. The van der Waals surface area contributed by atoms with Crippen LogP contribution in [0, 0.1) is 23.2 Å². The molecule has 0 N–H and O–H groups in total. The molecule has 4 nitrogen and oxygen atoms in total. The highest BCUT2D eigenvalue weighted by Gasteiger charge is 2.09. The highest BCUT2D eigenvalue weighted by Crippen LogP contribution is 2.12. The second-order valence-corrected chi connectivity index (χ2v) is 5.70. The molecule has 130 valence electrons. The Kier molecular flexibility index (Phi) is 6.60. The van der Waals surface area contributed by atoms with Crippen LogP contribution in [0.15, 0.2) is 54.1 Å². The van der Waals surface area contributed by atoms with Crippen LogP contribution in [-0.2, 0) is 9.53 Å². The van der Waals surface area contributed by atoms with Crippen LogP contribution in [0.5, 0.6) is 0 Å². The molecule has 0 aliphatic heterocycles. The first-order chi connectivity index (χ1) is 12.5. The smallest absolute Gasteiger partial charge is 0.348 e. The molecule has 0 saturated heterocycles. The minimum absolute atomic E-state index is 0.0216. The molecule has 2 rings (SSSR count). The predicted molar refractivity (Wildman–Crippen MR) is 103 cm³/mol. The van der Waals surface area contributed by atoms with Crippen LogP contribution in [0.3, 0.4) is 0 Å². The van der Waals surface area contributed by atoms with Crippen LogP contribution < -0.4 is 4.90 Å². The van der Waals surface area contributed by atoms with E-state index in [2.05, 4.69) is 11.8 Å². The van der Waals surface area contributed by atoms with E-state index in [4.69, 9.17) is 10.00 Å². The number of benzene rings is 2. The van der Waals surface area contributed by atoms with Gasteiger partial charge in [-0.3, -0.25) is 0 Å². The number of hydrogen-bond donors (Lipinski definition) is 0. The summed E-state index contributed by atoms with van der Waals surface area (Å²) in [5.41, 5.74) is 3.64. The van der Waals surface area contributed by atoms with Gasteiger partial charge in [0.05, 0.1) is 6.61 Å². The number of nitrogens with zero attached hydrogens (tertiary/aromatic N) is 2. The van der Waals surface area contributed by atoms with Crippen molar-refractivity contribution in [1.29, 1.82) is 5.26 Å². The minimum atomic E-state index is -0.611. The second-order valence-electron chi connectivity index (χ2n) is 5.70. The van der Waals surface area contributed by atoms with Crippen LogP contribution in [0.4, 0.5) is 5.69 Å². The van der Waals surface area contributed by atoms with Crippen LogP contribution in [0.1, 0.15) is 23.6 Å². The summed E-state index contributed by atoms with van der Waals surface area (Å²) >= 11 is 0. The number of rotatable bonds is 4. The molecule has 0 bridgehead atoms. The monoisotopic (exact) mass is 344 g/mol. The van der Waals surface area contributed by atoms with Gasteiger partial charge in [0.25, 0.3) is 0 Å². The Morgan fingerprint density at radius 3 is 2.04 bits per heavy atom. The highest BCUT2D eigenvalue weighted by atomic mass is 16.5. The average molecular weight is 344 g/mol. The van der Waals surface area contributed by atoms with Gasteiger partial charge < -0.3 is 9.64 Å². The molecule has 2 aromatic rings. The lowest BCUT2D eigenvalue weighted by Crippen LogP contribution is -2.07. The number of esters is 1. The Labute approximate surface area is 154 Å². The van der Waals surface area contributed by atoms with Crippen molar-refractivity contribution in [2.75, 3.05) is 25.6 Å². The molecule has 2 aromatic carbocycles. The van der Waals surface area contributed by atoms with Gasteiger partial charge in [0.15, 0.2) is 0 Å². The maximum Gasteiger partial charge on any atom is 0.348 e. The molecule has 0 aromatic heterocycles. The lowest BCUT2D eigenvalue weighted by atomic mass is 10.1. The highest BCUT2D eigenvalue weighted by molar-refractivity contribution is 5.97. The molecule has 0 fully saturated rings. The molecule has 0 radical (unpaired) electrons. The summed E-state index contributed by atoms with van der Waals surface area (Å²) in [6, 6.07) is 17.2. The van der Waals surface area contributed by atoms with E-state index in [1.54, 1.807) is 6.92 Å². The fourth-order valence-corrected chi connectivity index (χ4v) is 2.16. The maximum absolute atomic E-state index is 11.6. The van der Waals surface area contributed by atoms with Gasteiger partial charge in [-0.05, 0) is 55.0 Å².